The first-order chi connectivity index (χ1) is 13.5. The lowest BCUT2D eigenvalue weighted by atomic mass is 10.2. The molecule has 10 nitrogen and oxygen atoms in total. The van der Waals surface area contributed by atoms with Gasteiger partial charge in [-0.2, -0.15) is 21.6 Å². The van der Waals surface area contributed by atoms with Crippen LogP contribution in [-0.4, -0.2) is 54.7 Å². The molecule has 2 amide bonds. The summed E-state index contributed by atoms with van der Waals surface area (Å²) in [4.78, 5) is 33.8. The van der Waals surface area contributed by atoms with Gasteiger partial charge in [0.05, 0.1) is 5.69 Å². The van der Waals surface area contributed by atoms with E-state index in [1.807, 2.05) is 4.72 Å². The third kappa shape index (κ3) is 8.98. The van der Waals surface area contributed by atoms with Gasteiger partial charge in [0, 0.05) is 6.54 Å². The normalized spacial score (nSPS) is 12.1. The summed E-state index contributed by atoms with van der Waals surface area (Å²) >= 11 is 0. The molecular weight excluding hydrogens is 435 g/mol. The van der Waals surface area contributed by atoms with Crippen LogP contribution in [0.2, 0.25) is 0 Å². The molecule has 0 spiro atoms. The zero-order chi connectivity index (χ0) is 23.3. The van der Waals surface area contributed by atoms with Crippen LogP contribution in [0.4, 0.5) is 23.7 Å². The Hall–Kier alpha value is -3.03. The van der Waals surface area contributed by atoms with Crippen LogP contribution in [0.5, 0.6) is 0 Å². The Morgan fingerprint density at radius 1 is 1.17 bits per heavy atom. The number of nitrogens with one attached hydrogen (secondary N) is 2. The molecule has 1 aromatic carbocycles. The fourth-order valence-electron chi connectivity index (χ4n) is 2.08. The maximum atomic E-state index is 12.7. The third-order valence-electron chi connectivity index (χ3n) is 3.03. The minimum Gasteiger partial charge on any atom is -0.480 e. The first-order valence-corrected chi connectivity index (χ1v) is 9.67. The minimum absolute atomic E-state index is 0.00585. The van der Waals surface area contributed by atoms with Crippen molar-refractivity contribution in [3.8, 4) is 0 Å². The Morgan fingerprint density at radius 2 is 1.77 bits per heavy atom. The minimum atomic E-state index is -5.29. The van der Waals surface area contributed by atoms with E-state index in [1.165, 1.54) is 39.0 Å². The van der Waals surface area contributed by atoms with Crippen LogP contribution in [0.15, 0.2) is 24.3 Å². The van der Waals surface area contributed by atoms with Gasteiger partial charge in [0.25, 0.3) is 0 Å². The zero-order valence-electron chi connectivity index (χ0n) is 16.1. The van der Waals surface area contributed by atoms with E-state index < -0.39 is 53.0 Å². The van der Waals surface area contributed by atoms with Crippen molar-refractivity contribution in [3.05, 3.63) is 29.8 Å². The summed E-state index contributed by atoms with van der Waals surface area (Å²) in [5, 5.41) is 8.74. The number of hydrogen-bond donors (Lipinski definition) is 3. The maximum absolute atomic E-state index is 12.7. The number of benzene rings is 1. The molecule has 1 aromatic rings. The van der Waals surface area contributed by atoms with E-state index in [-0.39, 0.29) is 16.2 Å². The van der Waals surface area contributed by atoms with E-state index in [0.29, 0.717) is 0 Å². The smallest absolute Gasteiger partial charge is 0.471 e. The molecule has 1 rings (SSSR count). The Morgan fingerprint density at radius 3 is 2.27 bits per heavy atom. The number of aliphatic carboxylic acids is 1. The number of halogens is 3. The molecule has 0 aliphatic rings. The Bertz CT molecular complexity index is 911. The molecule has 0 bridgehead atoms. The molecule has 0 radical (unpaired) electrons. The standard InChI is InChI=1S/C16H20F3N3O7S/c1-15(2,3)29-14(26)21-30(27,28)20-11-6-4-5-10(7-11)8-22(9-12(23)24)13(25)16(17,18)19/h4-7,20H,8-9H2,1-3H3,(H,21,26)(H,23,24). The summed E-state index contributed by atoms with van der Waals surface area (Å²) in [6.45, 7) is 2.58. The van der Waals surface area contributed by atoms with Gasteiger partial charge < -0.3 is 14.7 Å². The first kappa shape index (κ1) is 25.0. The number of nitrogens with zero attached hydrogens (tertiary/aromatic N) is 1. The van der Waals surface area contributed by atoms with Gasteiger partial charge in [0.2, 0.25) is 0 Å². The SMILES string of the molecule is CC(C)(C)OC(=O)NS(=O)(=O)Nc1cccc(CN(CC(=O)O)C(=O)C(F)(F)F)c1. The van der Waals surface area contributed by atoms with Gasteiger partial charge in [0.1, 0.15) is 12.1 Å². The molecule has 3 N–H and O–H groups in total. The molecule has 0 fully saturated rings. The number of ether oxygens (including phenoxy) is 1. The van der Waals surface area contributed by atoms with Crippen LogP contribution in [-0.2, 0) is 31.1 Å². The molecule has 0 aliphatic heterocycles. The van der Waals surface area contributed by atoms with Crippen molar-refractivity contribution >= 4 is 33.9 Å². The Kier molecular flexibility index (Phi) is 7.66. The highest BCUT2D eigenvalue weighted by Crippen LogP contribution is 2.21. The highest BCUT2D eigenvalue weighted by Gasteiger charge is 2.43. The first-order valence-electron chi connectivity index (χ1n) is 8.19. The molecule has 0 aliphatic carbocycles. The number of carbonyl (C=O) groups excluding carboxylic acids is 2. The summed E-state index contributed by atoms with van der Waals surface area (Å²) < 4.78 is 70.4. The second kappa shape index (κ2) is 9.19. The maximum Gasteiger partial charge on any atom is 0.471 e. The number of carboxylic acid groups (broad SMARTS) is 1. The van der Waals surface area contributed by atoms with E-state index in [2.05, 4.69) is 0 Å². The summed E-state index contributed by atoms with van der Waals surface area (Å²) in [5.41, 5.74) is -1.11. The molecule has 30 heavy (non-hydrogen) atoms. The van der Waals surface area contributed by atoms with Crippen LogP contribution in [0.3, 0.4) is 0 Å². The second-order valence-electron chi connectivity index (χ2n) is 6.96. The molecule has 0 heterocycles. The Balaban J connectivity index is 2.97. The number of rotatable bonds is 7. The van der Waals surface area contributed by atoms with E-state index in [9.17, 15) is 36.0 Å². The van der Waals surface area contributed by atoms with Crippen LogP contribution in [0, 0.1) is 0 Å². The zero-order valence-corrected chi connectivity index (χ0v) is 16.9. The summed E-state index contributed by atoms with van der Waals surface area (Å²) in [6, 6.07) is 4.83. The fraction of sp³-hybridized carbons (Fsp3) is 0.438. The van der Waals surface area contributed by atoms with Gasteiger partial charge in [-0.05, 0) is 38.5 Å². The van der Waals surface area contributed by atoms with Crippen molar-refractivity contribution in [2.45, 2.75) is 39.1 Å². The molecule has 168 valence electrons. The van der Waals surface area contributed by atoms with Crippen molar-refractivity contribution in [1.29, 1.82) is 0 Å². The lowest BCUT2D eigenvalue weighted by Crippen LogP contribution is -2.43. The van der Waals surface area contributed by atoms with Crippen molar-refractivity contribution in [3.63, 3.8) is 0 Å². The molecule has 0 saturated carbocycles. The van der Waals surface area contributed by atoms with Gasteiger partial charge in [-0.25, -0.2) is 9.52 Å². The highest BCUT2D eigenvalue weighted by molar-refractivity contribution is 7.91. The summed E-state index contributed by atoms with van der Waals surface area (Å²) in [5.74, 6) is -4.02. The van der Waals surface area contributed by atoms with Crippen LogP contribution in [0.25, 0.3) is 0 Å². The molecular formula is C16H20F3N3O7S. The predicted octanol–water partition coefficient (Wildman–Crippen LogP) is 1.84. The number of carboxylic acids is 1. The average molecular weight is 455 g/mol. The summed E-state index contributed by atoms with van der Waals surface area (Å²) in [7, 11) is -4.44. The quantitative estimate of drug-likeness (QED) is 0.569. The topological polar surface area (TPSA) is 142 Å². The van der Waals surface area contributed by atoms with E-state index in [0.717, 1.165) is 6.07 Å². The van der Waals surface area contributed by atoms with Crippen molar-refractivity contribution in [2.75, 3.05) is 11.3 Å². The third-order valence-corrected chi connectivity index (χ3v) is 3.96. The van der Waals surface area contributed by atoms with Gasteiger partial charge in [-0.15, -0.1) is 0 Å². The van der Waals surface area contributed by atoms with Gasteiger partial charge in [-0.3, -0.25) is 14.3 Å². The van der Waals surface area contributed by atoms with Crippen molar-refractivity contribution < 1.29 is 45.8 Å². The number of hydrogen-bond acceptors (Lipinski definition) is 6. The van der Waals surface area contributed by atoms with Crippen molar-refractivity contribution in [1.82, 2.24) is 9.62 Å². The monoisotopic (exact) mass is 455 g/mol. The van der Waals surface area contributed by atoms with E-state index >= 15 is 0 Å². The van der Waals surface area contributed by atoms with Gasteiger partial charge in [-0.1, -0.05) is 12.1 Å². The largest absolute Gasteiger partial charge is 0.480 e. The highest BCUT2D eigenvalue weighted by atomic mass is 32.2. The molecule has 0 atom stereocenters. The lowest BCUT2D eigenvalue weighted by Gasteiger charge is -2.22. The van der Waals surface area contributed by atoms with Crippen LogP contribution < -0.4 is 9.44 Å². The molecule has 0 unspecified atom stereocenters. The van der Waals surface area contributed by atoms with Crippen molar-refractivity contribution in [2.24, 2.45) is 0 Å². The molecule has 14 heteroatoms. The van der Waals surface area contributed by atoms with Gasteiger partial charge >= 0.3 is 34.4 Å². The molecule has 0 aromatic heterocycles. The summed E-state index contributed by atoms with van der Waals surface area (Å²) in [6.07, 6.45) is -6.54. The van der Waals surface area contributed by atoms with Crippen LogP contribution in [0.1, 0.15) is 26.3 Å². The number of alkyl halides is 3. The fourth-order valence-corrected chi connectivity index (χ4v) is 2.83. The number of amides is 2. The van der Waals surface area contributed by atoms with Crippen LogP contribution >= 0.6 is 0 Å². The number of anilines is 1. The van der Waals surface area contributed by atoms with E-state index in [1.54, 1.807) is 4.72 Å². The number of carbonyl (C=O) groups is 3. The predicted molar refractivity (Wildman–Crippen MR) is 97.5 cm³/mol. The molecule has 0 saturated heterocycles. The average Bonchev–Trinajstić information content (AvgIpc) is 2.49. The van der Waals surface area contributed by atoms with Gasteiger partial charge in [0.15, 0.2) is 0 Å². The second-order valence-corrected chi connectivity index (χ2v) is 8.38. The lowest BCUT2D eigenvalue weighted by molar-refractivity contribution is -0.187. The van der Waals surface area contributed by atoms with E-state index in [4.69, 9.17) is 9.84 Å². The Labute approximate surface area is 170 Å².